The maximum Gasteiger partial charge on any atom is 0.231 e. The van der Waals surface area contributed by atoms with Gasteiger partial charge in [0.05, 0.1) is 14.2 Å². The molecule has 0 radical (unpaired) electrons. The number of hydrogen-bond donors (Lipinski definition) is 3. The SMILES string of the molecule is C=CC[C@@]1(O)c2c(ccc(OC)c2OC)[C@H](O)[C@]12NCCc1cc3c(cc12)OCO3. The molecule has 2 aromatic carbocycles. The fourth-order valence-electron chi connectivity index (χ4n) is 5.39. The Bertz CT molecular complexity index is 1040. The molecule has 158 valence electrons. The zero-order valence-corrected chi connectivity index (χ0v) is 17.0. The Balaban J connectivity index is 1.83. The van der Waals surface area contributed by atoms with Gasteiger partial charge in [0.1, 0.15) is 17.2 Å². The zero-order chi connectivity index (χ0) is 21.1. The van der Waals surface area contributed by atoms with Crippen molar-refractivity contribution in [3.8, 4) is 23.0 Å². The van der Waals surface area contributed by atoms with E-state index in [0.717, 1.165) is 17.5 Å². The standard InChI is InChI=1S/C23H25NO6/c1-4-8-22(26)19-14(5-6-16(27-2)20(19)28-3)21(25)23(22)15-11-18-17(29-12-30-18)10-13(15)7-9-24-23/h4-6,10-11,21,24-26H,1,7-9,12H2,2-3H3/t21-,22+,23-/m0/s1. The van der Waals surface area contributed by atoms with Gasteiger partial charge in [-0.3, -0.25) is 0 Å². The van der Waals surface area contributed by atoms with Crippen molar-refractivity contribution in [1.29, 1.82) is 0 Å². The van der Waals surface area contributed by atoms with Crippen LogP contribution in [0.15, 0.2) is 36.9 Å². The molecule has 3 N–H and O–H groups in total. The van der Waals surface area contributed by atoms with Crippen LogP contribution in [0.2, 0.25) is 0 Å². The lowest BCUT2D eigenvalue weighted by molar-refractivity contribution is -0.102. The van der Waals surface area contributed by atoms with Crippen LogP contribution >= 0.6 is 0 Å². The summed E-state index contributed by atoms with van der Waals surface area (Å²) in [6.45, 7) is 4.61. The first kappa shape index (κ1) is 19.2. The van der Waals surface area contributed by atoms with E-state index in [2.05, 4.69) is 11.9 Å². The molecule has 0 aromatic heterocycles. The van der Waals surface area contributed by atoms with E-state index in [4.69, 9.17) is 18.9 Å². The van der Waals surface area contributed by atoms with Crippen LogP contribution in [0.3, 0.4) is 0 Å². The molecule has 3 aliphatic rings. The van der Waals surface area contributed by atoms with Gasteiger partial charge in [-0.1, -0.05) is 12.1 Å². The van der Waals surface area contributed by atoms with Crippen LogP contribution < -0.4 is 24.3 Å². The minimum absolute atomic E-state index is 0.156. The normalized spacial score (nSPS) is 28.2. The first-order valence-electron chi connectivity index (χ1n) is 9.96. The molecule has 30 heavy (non-hydrogen) atoms. The van der Waals surface area contributed by atoms with Crippen LogP contribution in [-0.2, 0) is 17.6 Å². The van der Waals surface area contributed by atoms with Crippen molar-refractivity contribution in [2.24, 2.45) is 0 Å². The highest BCUT2D eigenvalue weighted by Crippen LogP contribution is 2.63. The molecule has 7 heteroatoms. The lowest BCUT2D eigenvalue weighted by Gasteiger charge is -2.48. The molecule has 0 saturated carbocycles. The highest BCUT2D eigenvalue weighted by Gasteiger charge is 2.65. The first-order chi connectivity index (χ1) is 14.5. The molecule has 1 spiro atoms. The number of benzene rings is 2. The van der Waals surface area contributed by atoms with Gasteiger partial charge in [-0.15, -0.1) is 6.58 Å². The molecular weight excluding hydrogens is 386 g/mol. The molecule has 0 unspecified atom stereocenters. The van der Waals surface area contributed by atoms with Gasteiger partial charge in [-0.25, -0.2) is 0 Å². The largest absolute Gasteiger partial charge is 0.493 e. The Labute approximate surface area is 174 Å². The van der Waals surface area contributed by atoms with Gasteiger partial charge in [-0.2, -0.15) is 0 Å². The number of aliphatic hydroxyl groups is 2. The Morgan fingerprint density at radius 2 is 2.00 bits per heavy atom. The van der Waals surface area contributed by atoms with Crippen molar-refractivity contribution in [2.75, 3.05) is 27.6 Å². The third-order valence-electron chi connectivity index (χ3n) is 6.61. The summed E-state index contributed by atoms with van der Waals surface area (Å²) in [4.78, 5) is 0. The fraction of sp³-hybridized carbons (Fsp3) is 0.391. The van der Waals surface area contributed by atoms with Crippen molar-refractivity contribution in [3.63, 3.8) is 0 Å². The second-order valence-electron chi connectivity index (χ2n) is 7.87. The van der Waals surface area contributed by atoms with Crippen LogP contribution in [0.4, 0.5) is 0 Å². The van der Waals surface area contributed by atoms with Gasteiger partial charge < -0.3 is 34.5 Å². The molecule has 1 aliphatic carbocycles. The third-order valence-corrected chi connectivity index (χ3v) is 6.61. The Morgan fingerprint density at radius 1 is 1.23 bits per heavy atom. The zero-order valence-electron chi connectivity index (χ0n) is 17.0. The summed E-state index contributed by atoms with van der Waals surface area (Å²) in [7, 11) is 3.08. The van der Waals surface area contributed by atoms with Crippen molar-refractivity contribution in [3.05, 3.63) is 59.2 Å². The van der Waals surface area contributed by atoms with Crippen LogP contribution in [0.25, 0.3) is 0 Å². The summed E-state index contributed by atoms with van der Waals surface area (Å²) >= 11 is 0. The topological polar surface area (TPSA) is 89.4 Å². The number of rotatable bonds is 4. The van der Waals surface area contributed by atoms with Crippen molar-refractivity contribution in [2.45, 2.75) is 30.1 Å². The molecule has 0 amide bonds. The molecule has 0 fully saturated rings. The predicted molar refractivity (Wildman–Crippen MR) is 109 cm³/mol. The average molecular weight is 411 g/mol. The van der Waals surface area contributed by atoms with Crippen molar-refractivity contribution < 1.29 is 29.2 Å². The second-order valence-corrected chi connectivity index (χ2v) is 7.87. The Kier molecular flexibility index (Phi) is 4.25. The minimum atomic E-state index is -1.54. The smallest absolute Gasteiger partial charge is 0.231 e. The monoisotopic (exact) mass is 411 g/mol. The van der Waals surface area contributed by atoms with E-state index < -0.39 is 17.2 Å². The number of aliphatic hydroxyl groups excluding tert-OH is 1. The molecule has 5 rings (SSSR count). The molecule has 3 atom stereocenters. The van der Waals surface area contributed by atoms with Crippen molar-refractivity contribution in [1.82, 2.24) is 5.32 Å². The minimum Gasteiger partial charge on any atom is -0.493 e. The average Bonchev–Trinajstić information content (AvgIpc) is 3.28. The molecule has 2 aliphatic heterocycles. The molecular formula is C23H25NO6. The predicted octanol–water partition coefficient (Wildman–Crippen LogP) is 2.28. The lowest BCUT2D eigenvalue weighted by Crippen LogP contribution is -2.60. The van der Waals surface area contributed by atoms with E-state index >= 15 is 0 Å². The number of nitrogens with one attached hydrogen (secondary N) is 1. The number of fused-ring (bicyclic) bond motifs is 4. The van der Waals surface area contributed by atoms with Crippen molar-refractivity contribution >= 4 is 0 Å². The van der Waals surface area contributed by atoms with Crippen LogP contribution in [0.1, 0.15) is 34.8 Å². The van der Waals surface area contributed by atoms with E-state index in [1.54, 1.807) is 25.3 Å². The highest BCUT2D eigenvalue weighted by atomic mass is 16.7. The second kappa shape index (κ2) is 6.63. The highest BCUT2D eigenvalue weighted by molar-refractivity contribution is 5.64. The molecule has 7 nitrogen and oxygen atoms in total. The molecule has 2 aromatic rings. The molecule has 0 saturated heterocycles. The number of hydrogen-bond acceptors (Lipinski definition) is 7. The Morgan fingerprint density at radius 3 is 2.70 bits per heavy atom. The van der Waals surface area contributed by atoms with Gasteiger partial charge in [0.15, 0.2) is 23.0 Å². The van der Waals surface area contributed by atoms with Crippen LogP contribution in [-0.4, -0.2) is 37.8 Å². The first-order valence-corrected chi connectivity index (χ1v) is 9.96. The summed E-state index contributed by atoms with van der Waals surface area (Å²) in [5, 5.41) is 27.4. The van der Waals surface area contributed by atoms with Gasteiger partial charge >= 0.3 is 0 Å². The van der Waals surface area contributed by atoms with Gasteiger partial charge in [0, 0.05) is 18.5 Å². The summed E-state index contributed by atoms with van der Waals surface area (Å²) in [5.74, 6) is 2.18. The van der Waals surface area contributed by atoms with Crippen LogP contribution in [0.5, 0.6) is 23.0 Å². The van der Waals surface area contributed by atoms with Gasteiger partial charge in [0.25, 0.3) is 0 Å². The summed E-state index contributed by atoms with van der Waals surface area (Å²) in [6, 6.07) is 7.35. The maximum atomic E-state index is 12.3. The maximum absolute atomic E-state index is 12.3. The summed E-state index contributed by atoms with van der Waals surface area (Å²) in [6.07, 6.45) is 1.56. The summed E-state index contributed by atoms with van der Waals surface area (Å²) < 4.78 is 22.3. The number of ether oxygens (including phenoxy) is 4. The van der Waals surface area contributed by atoms with E-state index in [9.17, 15) is 10.2 Å². The third kappa shape index (κ3) is 2.20. The van der Waals surface area contributed by atoms with Gasteiger partial charge in [0.2, 0.25) is 6.79 Å². The van der Waals surface area contributed by atoms with Crippen LogP contribution in [0, 0.1) is 0 Å². The quantitative estimate of drug-likeness (QED) is 0.665. The summed E-state index contributed by atoms with van der Waals surface area (Å²) in [5.41, 5.74) is 0.138. The van der Waals surface area contributed by atoms with E-state index in [0.29, 0.717) is 40.7 Å². The molecule has 2 heterocycles. The van der Waals surface area contributed by atoms with E-state index in [1.165, 1.54) is 7.11 Å². The van der Waals surface area contributed by atoms with E-state index in [-0.39, 0.29) is 13.2 Å². The lowest BCUT2D eigenvalue weighted by atomic mass is 9.68. The van der Waals surface area contributed by atoms with E-state index in [1.807, 2.05) is 12.1 Å². The molecule has 0 bridgehead atoms. The fourth-order valence-corrected chi connectivity index (χ4v) is 5.39. The Hall–Kier alpha value is -2.74. The van der Waals surface area contributed by atoms with Gasteiger partial charge in [-0.05, 0) is 41.3 Å². The number of methoxy groups -OCH3 is 2.